The van der Waals surface area contributed by atoms with Crippen molar-refractivity contribution in [3.63, 3.8) is 0 Å². The molecular formula is C18H20N2O4. The number of hydrogen-bond acceptors (Lipinski definition) is 5. The van der Waals surface area contributed by atoms with Gasteiger partial charge in [0, 0.05) is 0 Å². The summed E-state index contributed by atoms with van der Waals surface area (Å²) in [5.74, 6) is -0.337. The third kappa shape index (κ3) is 5.89. The first-order valence-corrected chi connectivity index (χ1v) is 7.33. The van der Waals surface area contributed by atoms with E-state index in [0.717, 1.165) is 6.42 Å². The Morgan fingerprint density at radius 2 is 2.12 bits per heavy atom. The van der Waals surface area contributed by atoms with Crippen molar-refractivity contribution in [3.8, 4) is 17.6 Å². The van der Waals surface area contributed by atoms with Gasteiger partial charge in [-0.2, -0.15) is 5.26 Å². The number of methoxy groups -OCH3 is 1. The third-order valence-electron chi connectivity index (χ3n) is 3.03. The van der Waals surface area contributed by atoms with E-state index in [1.165, 1.54) is 31.4 Å². The standard InChI is InChI=1S/C18H20N2O4/c1-3-5-15(24-2)12-20-18(23)14(11-19)7-4-6-13-8-9-16(21)17(22)10-13/h4-10,21-22H,3,12H2,1-2H3,(H,20,23)/b6-4+,14-7+,15-5-. The molecule has 0 saturated heterocycles. The predicted octanol–water partition coefficient (Wildman–Crippen LogP) is 2.62. The van der Waals surface area contributed by atoms with Crippen molar-refractivity contribution in [1.29, 1.82) is 5.26 Å². The molecule has 0 aliphatic carbocycles. The fourth-order valence-corrected chi connectivity index (χ4v) is 1.78. The van der Waals surface area contributed by atoms with Gasteiger partial charge >= 0.3 is 0 Å². The lowest BCUT2D eigenvalue weighted by Crippen LogP contribution is -2.27. The minimum Gasteiger partial charge on any atom is -0.504 e. The summed E-state index contributed by atoms with van der Waals surface area (Å²) in [6.07, 6.45) is 7.11. The molecule has 0 aliphatic rings. The Balaban J connectivity index is 2.74. The van der Waals surface area contributed by atoms with E-state index in [-0.39, 0.29) is 23.6 Å². The lowest BCUT2D eigenvalue weighted by molar-refractivity contribution is -0.117. The van der Waals surface area contributed by atoms with Gasteiger partial charge in [0.05, 0.1) is 13.7 Å². The molecule has 0 spiro atoms. The van der Waals surface area contributed by atoms with Crippen LogP contribution in [0.2, 0.25) is 0 Å². The average Bonchev–Trinajstić information content (AvgIpc) is 2.58. The highest BCUT2D eigenvalue weighted by Crippen LogP contribution is 2.25. The van der Waals surface area contributed by atoms with Crippen molar-refractivity contribution in [3.05, 3.63) is 53.3 Å². The van der Waals surface area contributed by atoms with Crippen LogP contribution < -0.4 is 5.32 Å². The summed E-state index contributed by atoms with van der Waals surface area (Å²) in [6.45, 7) is 2.16. The van der Waals surface area contributed by atoms with E-state index in [4.69, 9.17) is 10.00 Å². The van der Waals surface area contributed by atoms with Crippen molar-refractivity contribution >= 4 is 12.0 Å². The number of carbonyl (C=O) groups excluding carboxylic acids is 1. The third-order valence-corrected chi connectivity index (χ3v) is 3.03. The Morgan fingerprint density at radius 1 is 1.38 bits per heavy atom. The second-order valence-electron chi connectivity index (χ2n) is 4.76. The first-order chi connectivity index (χ1) is 11.5. The molecule has 6 heteroatoms. The zero-order valence-electron chi connectivity index (χ0n) is 13.6. The fraction of sp³-hybridized carbons (Fsp3) is 0.222. The minimum absolute atomic E-state index is 0.0544. The highest BCUT2D eigenvalue weighted by molar-refractivity contribution is 5.97. The molecule has 0 heterocycles. The average molecular weight is 328 g/mol. The lowest BCUT2D eigenvalue weighted by Gasteiger charge is -2.07. The summed E-state index contributed by atoms with van der Waals surface area (Å²) >= 11 is 0. The van der Waals surface area contributed by atoms with Crippen LogP contribution in [-0.4, -0.2) is 29.8 Å². The topological polar surface area (TPSA) is 103 Å². The highest BCUT2D eigenvalue weighted by atomic mass is 16.5. The number of amides is 1. The maximum atomic E-state index is 11.9. The number of nitrogens with one attached hydrogen (secondary N) is 1. The summed E-state index contributed by atoms with van der Waals surface area (Å²) in [4.78, 5) is 11.9. The molecule has 6 nitrogen and oxygen atoms in total. The molecule has 1 aromatic rings. The molecule has 0 aromatic heterocycles. The van der Waals surface area contributed by atoms with Crippen LogP contribution >= 0.6 is 0 Å². The summed E-state index contributed by atoms with van der Waals surface area (Å²) < 4.78 is 5.10. The molecule has 1 amide bonds. The number of nitriles is 1. The van der Waals surface area contributed by atoms with Crippen molar-refractivity contribution in [2.24, 2.45) is 0 Å². The number of carbonyl (C=O) groups is 1. The van der Waals surface area contributed by atoms with Crippen LogP contribution in [-0.2, 0) is 9.53 Å². The summed E-state index contributed by atoms with van der Waals surface area (Å²) in [5, 5.41) is 30.3. The molecule has 1 rings (SSSR count). The summed E-state index contributed by atoms with van der Waals surface area (Å²) in [7, 11) is 1.52. The van der Waals surface area contributed by atoms with Crippen molar-refractivity contribution in [2.75, 3.05) is 13.7 Å². The zero-order chi connectivity index (χ0) is 17.9. The number of nitrogens with zero attached hydrogens (tertiary/aromatic N) is 1. The highest BCUT2D eigenvalue weighted by Gasteiger charge is 2.08. The maximum Gasteiger partial charge on any atom is 0.262 e. The Morgan fingerprint density at radius 3 is 2.71 bits per heavy atom. The van der Waals surface area contributed by atoms with Gasteiger partial charge in [-0.15, -0.1) is 0 Å². The second-order valence-corrected chi connectivity index (χ2v) is 4.76. The largest absolute Gasteiger partial charge is 0.504 e. The van der Waals surface area contributed by atoms with Gasteiger partial charge in [-0.3, -0.25) is 4.79 Å². The molecule has 24 heavy (non-hydrogen) atoms. The number of phenols is 2. The first kappa shape index (κ1) is 18.8. The number of hydrogen-bond donors (Lipinski definition) is 3. The maximum absolute atomic E-state index is 11.9. The molecule has 0 bridgehead atoms. The molecule has 0 saturated carbocycles. The first-order valence-electron chi connectivity index (χ1n) is 7.33. The summed E-state index contributed by atoms with van der Waals surface area (Å²) in [5.41, 5.74) is 0.563. The normalized spacial score (nSPS) is 12.0. The smallest absolute Gasteiger partial charge is 0.262 e. The second kappa shape index (κ2) is 9.74. The Kier molecular flexibility index (Phi) is 7.65. The predicted molar refractivity (Wildman–Crippen MR) is 90.9 cm³/mol. The number of benzene rings is 1. The molecule has 0 unspecified atom stereocenters. The zero-order valence-corrected chi connectivity index (χ0v) is 13.6. The van der Waals surface area contributed by atoms with E-state index < -0.39 is 5.91 Å². The van der Waals surface area contributed by atoms with Crippen LogP contribution in [0.15, 0.2) is 47.8 Å². The van der Waals surface area contributed by atoms with E-state index in [2.05, 4.69) is 5.32 Å². The molecule has 0 fully saturated rings. The minimum atomic E-state index is -0.505. The van der Waals surface area contributed by atoms with Gasteiger partial charge in [-0.05, 0) is 36.3 Å². The number of allylic oxidation sites excluding steroid dienone is 3. The quantitative estimate of drug-likeness (QED) is 0.235. The van der Waals surface area contributed by atoms with Crippen LogP contribution in [0.5, 0.6) is 11.5 Å². The van der Waals surface area contributed by atoms with Gasteiger partial charge in [0.25, 0.3) is 5.91 Å². The van der Waals surface area contributed by atoms with Gasteiger partial charge in [0.1, 0.15) is 17.4 Å². The molecule has 0 atom stereocenters. The van der Waals surface area contributed by atoms with E-state index >= 15 is 0 Å². The number of ether oxygens (including phenoxy) is 1. The van der Waals surface area contributed by atoms with Gasteiger partial charge < -0.3 is 20.3 Å². The van der Waals surface area contributed by atoms with Crippen LogP contribution in [0.4, 0.5) is 0 Å². The lowest BCUT2D eigenvalue weighted by atomic mass is 10.1. The van der Waals surface area contributed by atoms with Gasteiger partial charge in [0.2, 0.25) is 0 Å². The van der Waals surface area contributed by atoms with Crippen LogP contribution in [0.1, 0.15) is 18.9 Å². The fourth-order valence-electron chi connectivity index (χ4n) is 1.78. The number of rotatable bonds is 7. The van der Waals surface area contributed by atoms with E-state index in [9.17, 15) is 15.0 Å². The monoisotopic (exact) mass is 328 g/mol. The SMILES string of the molecule is CC/C=C(/CNC(=O)/C(C#N)=C/C=C/c1ccc(O)c(O)c1)OC. The Bertz CT molecular complexity index is 712. The molecule has 126 valence electrons. The summed E-state index contributed by atoms with van der Waals surface area (Å²) in [6, 6.07) is 6.14. The van der Waals surface area contributed by atoms with E-state index in [1.54, 1.807) is 12.1 Å². The molecule has 0 radical (unpaired) electrons. The number of phenolic OH excluding ortho intramolecular Hbond substituents is 2. The van der Waals surface area contributed by atoms with Crippen LogP contribution in [0.3, 0.4) is 0 Å². The van der Waals surface area contributed by atoms with E-state index in [1.807, 2.05) is 19.1 Å². The Labute approximate surface area is 141 Å². The van der Waals surface area contributed by atoms with Gasteiger partial charge in [0.15, 0.2) is 11.5 Å². The van der Waals surface area contributed by atoms with Gasteiger partial charge in [-0.1, -0.05) is 25.1 Å². The van der Waals surface area contributed by atoms with Crippen LogP contribution in [0, 0.1) is 11.3 Å². The van der Waals surface area contributed by atoms with Gasteiger partial charge in [-0.25, -0.2) is 0 Å². The number of aromatic hydroxyl groups is 2. The van der Waals surface area contributed by atoms with Crippen molar-refractivity contribution < 1.29 is 19.7 Å². The molecular weight excluding hydrogens is 308 g/mol. The van der Waals surface area contributed by atoms with Crippen molar-refractivity contribution in [1.82, 2.24) is 5.32 Å². The molecule has 0 aliphatic heterocycles. The van der Waals surface area contributed by atoms with E-state index in [0.29, 0.717) is 11.3 Å². The molecule has 3 N–H and O–H groups in total. The Hall–Kier alpha value is -3.20. The molecule has 1 aromatic carbocycles. The van der Waals surface area contributed by atoms with Crippen LogP contribution in [0.25, 0.3) is 6.08 Å². The van der Waals surface area contributed by atoms with Crippen molar-refractivity contribution in [2.45, 2.75) is 13.3 Å².